The number of ether oxygens (including phenoxy) is 1. The quantitative estimate of drug-likeness (QED) is 0.821. The van der Waals surface area contributed by atoms with Crippen LogP contribution in [0.5, 0.6) is 0 Å². The monoisotopic (exact) mass is 266 g/mol. The van der Waals surface area contributed by atoms with Gasteiger partial charge >= 0.3 is 0 Å². The summed E-state index contributed by atoms with van der Waals surface area (Å²) in [5.41, 5.74) is 0. The maximum absolute atomic E-state index is 11.8. The molecule has 6 nitrogen and oxygen atoms in total. The third kappa shape index (κ3) is 3.82. The van der Waals surface area contributed by atoms with Gasteiger partial charge in [-0.2, -0.15) is 0 Å². The van der Waals surface area contributed by atoms with Crippen molar-refractivity contribution in [2.45, 2.75) is 31.9 Å². The number of nitrogens with one attached hydrogen (secondary N) is 2. The second kappa shape index (κ2) is 6.38. The highest BCUT2D eigenvalue weighted by atomic mass is 16.5. The Morgan fingerprint density at radius 1 is 1.53 bits per heavy atom. The van der Waals surface area contributed by atoms with Crippen molar-refractivity contribution in [2.75, 3.05) is 13.2 Å². The van der Waals surface area contributed by atoms with E-state index in [4.69, 9.17) is 9.15 Å². The minimum absolute atomic E-state index is 0.0944. The molecule has 0 radical (unpaired) electrons. The van der Waals surface area contributed by atoms with Crippen LogP contribution in [-0.2, 0) is 9.53 Å². The number of amides is 2. The normalized spacial score (nSPS) is 19.9. The minimum atomic E-state index is -0.612. The van der Waals surface area contributed by atoms with Crippen molar-refractivity contribution in [1.82, 2.24) is 10.6 Å². The molecule has 0 aromatic carbocycles. The molecule has 2 amide bonds. The lowest BCUT2D eigenvalue weighted by molar-refractivity contribution is -0.123. The molecule has 1 aliphatic heterocycles. The van der Waals surface area contributed by atoms with Crippen molar-refractivity contribution < 1.29 is 18.7 Å². The van der Waals surface area contributed by atoms with Crippen molar-refractivity contribution in [2.24, 2.45) is 0 Å². The SMILES string of the molecule is C[C@@H](NC(=O)c1ccco1)C(=O)NC[C@@H]1CCCO1. The summed E-state index contributed by atoms with van der Waals surface area (Å²) in [6, 6.07) is 2.56. The highest BCUT2D eigenvalue weighted by Gasteiger charge is 2.20. The van der Waals surface area contributed by atoms with E-state index in [9.17, 15) is 9.59 Å². The second-order valence-electron chi connectivity index (χ2n) is 4.55. The van der Waals surface area contributed by atoms with Gasteiger partial charge in [0, 0.05) is 13.2 Å². The van der Waals surface area contributed by atoms with Crippen LogP contribution in [-0.4, -0.2) is 37.1 Å². The molecule has 1 aromatic heterocycles. The first-order valence-electron chi connectivity index (χ1n) is 6.40. The molecule has 1 aliphatic rings. The van der Waals surface area contributed by atoms with Crippen molar-refractivity contribution in [3.05, 3.63) is 24.2 Å². The number of carbonyl (C=O) groups excluding carboxylic acids is 2. The van der Waals surface area contributed by atoms with Gasteiger partial charge in [0.2, 0.25) is 5.91 Å². The summed E-state index contributed by atoms with van der Waals surface area (Å²) >= 11 is 0. The molecule has 0 aliphatic carbocycles. The van der Waals surface area contributed by atoms with Crippen LogP contribution in [0.1, 0.15) is 30.3 Å². The van der Waals surface area contributed by atoms with E-state index in [-0.39, 0.29) is 17.8 Å². The zero-order valence-corrected chi connectivity index (χ0v) is 10.8. The van der Waals surface area contributed by atoms with Crippen LogP contribution in [0.2, 0.25) is 0 Å². The van der Waals surface area contributed by atoms with Gasteiger partial charge in [0.05, 0.1) is 12.4 Å². The molecule has 19 heavy (non-hydrogen) atoms. The number of rotatable bonds is 5. The van der Waals surface area contributed by atoms with Crippen LogP contribution in [0.15, 0.2) is 22.8 Å². The summed E-state index contributed by atoms with van der Waals surface area (Å²) in [5, 5.41) is 5.34. The van der Waals surface area contributed by atoms with Crippen molar-refractivity contribution >= 4 is 11.8 Å². The number of furan rings is 1. The van der Waals surface area contributed by atoms with E-state index in [1.54, 1.807) is 19.1 Å². The number of hydrogen-bond donors (Lipinski definition) is 2. The standard InChI is InChI=1S/C13H18N2O4/c1-9(15-13(17)11-5-3-7-19-11)12(16)14-8-10-4-2-6-18-10/h3,5,7,9-10H,2,4,6,8H2,1H3,(H,14,16)(H,15,17)/t9-,10+/m1/s1. The lowest BCUT2D eigenvalue weighted by Crippen LogP contribution is -2.46. The summed E-state index contributed by atoms with van der Waals surface area (Å²) < 4.78 is 10.4. The van der Waals surface area contributed by atoms with E-state index in [0.29, 0.717) is 6.54 Å². The molecular weight excluding hydrogens is 248 g/mol. The van der Waals surface area contributed by atoms with Gasteiger partial charge in [-0.15, -0.1) is 0 Å². The van der Waals surface area contributed by atoms with E-state index in [1.807, 2.05) is 0 Å². The molecule has 2 rings (SSSR count). The Bertz CT molecular complexity index is 424. The highest BCUT2D eigenvalue weighted by Crippen LogP contribution is 2.10. The Balaban J connectivity index is 1.74. The largest absolute Gasteiger partial charge is 0.459 e. The van der Waals surface area contributed by atoms with Crippen LogP contribution in [0.3, 0.4) is 0 Å². The molecule has 2 atom stereocenters. The maximum Gasteiger partial charge on any atom is 0.287 e. The molecule has 104 valence electrons. The predicted molar refractivity (Wildman–Crippen MR) is 67.6 cm³/mol. The van der Waals surface area contributed by atoms with Gasteiger partial charge in [0.1, 0.15) is 6.04 Å². The van der Waals surface area contributed by atoms with E-state index < -0.39 is 11.9 Å². The van der Waals surface area contributed by atoms with Crippen LogP contribution in [0.25, 0.3) is 0 Å². The fraction of sp³-hybridized carbons (Fsp3) is 0.538. The molecule has 2 N–H and O–H groups in total. The number of carbonyl (C=O) groups is 2. The van der Waals surface area contributed by atoms with Crippen molar-refractivity contribution in [3.8, 4) is 0 Å². The molecule has 1 saturated heterocycles. The third-order valence-electron chi connectivity index (χ3n) is 3.01. The van der Waals surface area contributed by atoms with E-state index in [0.717, 1.165) is 19.4 Å². The Morgan fingerprint density at radius 3 is 3.00 bits per heavy atom. The van der Waals surface area contributed by atoms with Gasteiger partial charge in [0.25, 0.3) is 5.91 Å². The second-order valence-corrected chi connectivity index (χ2v) is 4.55. The maximum atomic E-state index is 11.8. The summed E-state index contributed by atoms with van der Waals surface area (Å²) in [7, 11) is 0. The average Bonchev–Trinajstić information content (AvgIpc) is 3.08. The predicted octanol–water partition coefficient (Wildman–Crippen LogP) is 0.693. The molecule has 1 aromatic rings. The van der Waals surface area contributed by atoms with E-state index in [2.05, 4.69) is 10.6 Å². The first-order chi connectivity index (χ1) is 9.16. The Kier molecular flexibility index (Phi) is 4.57. The molecule has 2 heterocycles. The fourth-order valence-electron chi connectivity index (χ4n) is 1.91. The Hall–Kier alpha value is -1.82. The fourth-order valence-corrected chi connectivity index (χ4v) is 1.91. The third-order valence-corrected chi connectivity index (χ3v) is 3.01. The van der Waals surface area contributed by atoms with Crippen LogP contribution in [0, 0.1) is 0 Å². The number of hydrogen-bond acceptors (Lipinski definition) is 4. The molecule has 0 saturated carbocycles. The topological polar surface area (TPSA) is 80.6 Å². The zero-order valence-electron chi connectivity index (χ0n) is 10.8. The van der Waals surface area contributed by atoms with Gasteiger partial charge in [-0.3, -0.25) is 9.59 Å². The molecule has 0 spiro atoms. The van der Waals surface area contributed by atoms with Gasteiger partial charge in [-0.1, -0.05) is 0 Å². The first kappa shape index (κ1) is 13.6. The zero-order chi connectivity index (χ0) is 13.7. The van der Waals surface area contributed by atoms with Gasteiger partial charge in [0.15, 0.2) is 5.76 Å². The van der Waals surface area contributed by atoms with E-state index in [1.165, 1.54) is 6.26 Å². The van der Waals surface area contributed by atoms with Crippen molar-refractivity contribution in [3.63, 3.8) is 0 Å². The van der Waals surface area contributed by atoms with Crippen LogP contribution >= 0.6 is 0 Å². The summed E-state index contributed by atoms with van der Waals surface area (Å²) in [5.74, 6) is -0.432. The van der Waals surface area contributed by atoms with Gasteiger partial charge in [-0.05, 0) is 31.9 Å². The molecular formula is C13H18N2O4. The Morgan fingerprint density at radius 2 is 2.37 bits per heavy atom. The minimum Gasteiger partial charge on any atom is -0.459 e. The van der Waals surface area contributed by atoms with Crippen LogP contribution < -0.4 is 10.6 Å². The molecule has 6 heteroatoms. The summed E-state index contributed by atoms with van der Waals surface area (Å²) in [6.07, 6.45) is 3.51. The van der Waals surface area contributed by atoms with Crippen LogP contribution in [0.4, 0.5) is 0 Å². The smallest absolute Gasteiger partial charge is 0.287 e. The Labute approximate surface area is 111 Å². The van der Waals surface area contributed by atoms with E-state index >= 15 is 0 Å². The lowest BCUT2D eigenvalue weighted by atomic mass is 10.2. The first-order valence-corrected chi connectivity index (χ1v) is 6.40. The van der Waals surface area contributed by atoms with Crippen molar-refractivity contribution in [1.29, 1.82) is 0 Å². The molecule has 0 unspecified atom stereocenters. The average molecular weight is 266 g/mol. The van der Waals surface area contributed by atoms with Gasteiger partial charge < -0.3 is 19.8 Å². The lowest BCUT2D eigenvalue weighted by Gasteiger charge is -2.15. The highest BCUT2D eigenvalue weighted by molar-refractivity contribution is 5.95. The van der Waals surface area contributed by atoms with Gasteiger partial charge in [-0.25, -0.2) is 0 Å². The summed E-state index contributed by atoms with van der Waals surface area (Å²) in [4.78, 5) is 23.5. The molecule has 0 bridgehead atoms. The summed E-state index contributed by atoms with van der Waals surface area (Å²) in [6.45, 7) is 2.87. The molecule has 1 fully saturated rings.